The van der Waals surface area contributed by atoms with Crippen molar-refractivity contribution in [1.82, 2.24) is 0 Å². The summed E-state index contributed by atoms with van der Waals surface area (Å²) in [5.74, 6) is 0. The highest BCUT2D eigenvalue weighted by atomic mass is 15.2. The molecule has 0 aromatic heterocycles. The Balaban J connectivity index is 1.29. The number of fused-ring (bicyclic) bond motifs is 4. The number of nitrogens with zero attached hydrogens (tertiary/aromatic N) is 3. The van der Waals surface area contributed by atoms with Crippen LogP contribution in [0.1, 0.15) is 5.56 Å². The van der Waals surface area contributed by atoms with Crippen LogP contribution < -0.4 is 26.2 Å². The third-order valence-corrected chi connectivity index (χ3v) is 13.1. The van der Waals surface area contributed by atoms with Crippen LogP contribution in [0.25, 0.3) is 55.6 Å². The van der Waals surface area contributed by atoms with Crippen LogP contribution in [0.2, 0.25) is 0 Å². The predicted molar refractivity (Wildman–Crippen MR) is 272 cm³/mol. The summed E-state index contributed by atoms with van der Waals surface area (Å²) in [6.07, 6.45) is 0. The van der Waals surface area contributed by atoms with Crippen molar-refractivity contribution >= 4 is 57.2 Å². The summed E-state index contributed by atoms with van der Waals surface area (Å²) in [6, 6.07) is 89.5. The highest BCUT2D eigenvalue weighted by Gasteiger charge is 2.47. The molecule has 0 N–H and O–H groups in total. The second-order valence-electron chi connectivity index (χ2n) is 16.6. The van der Waals surface area contributed by atoms with Crippen LogP contribution in [0.3, 0.4) is 0 Å². The lowest BCUT2D eigenvalue weighted by molar-refractivity contribution is 1.24. The zero-order valence-corrected chi connectivity index (χ0v) is 35.5. The summed E-state index contributed by atoms with van der Waals surface area (Å²) in [5, 5.41) is 11.9. The molecule has 0 atom stereocenters. The quantitative estimate of drug-likeness (QED) is 0.150. The maximum Gasteiger partial charge on any atom is 0.252 e. The maximum absolute atomic E-state index is 11.9. The van der Waals surface area contributed by atoms with Gasteiger partial charge in [0.1, 0.15) is 6.07 Å². The first-order valence-corrected chi connectivity index (χ1v) is 22.2. The highest BCUT2D eigenvalue weighted by molar-refractivity contribution is 7.00. The third-order valence-electron chi connectivity index (χ3n) is 13.1. The molecule has 0 unspecified atom stereocenters. The van der Waals surface area contributed by atoms with Crippen LogP contribution in [0.4, 0.5) is 34.1 Å². The van der Waals surface area contributed by atoms with Crippen LogP contribution in [0, 0.1) is 11.3 Å². The second-order valence-corrected chi connectivity index (χ2v) is 16.6. The van der Waals surface area contributed by atoms with E-state index in [1.165, 1.54) is 10.9 Å². The van der Waals surface area contributed by atoms with Gasteiger partial charge >= 0.3 is 0 Å². The lowest BCUT2D eigenvalue weighted by Crippen LogP contribution is -2.62. The molecule has 0 fully saturated rings. The monoisotopic (exact) mass is 825 g/mol. The van der Waals surface area contributed by atoms with E-state index in [1.54, 1.807) is 0 Å². The van der Waals surface area contributed by atoms with Crippen LogP contribution in [-0.2, 0) is 0 Å². The molecule has 10 aromatic carbocycles. The Labute approximate surface area is 380 Å². The number of para-hydroxylation sites is 4. The smallest absolute Gasteiger partial charge is 0.252 e. The first kappa shape index (κ1) is 38.1. The van der Waals surface area contributed by atoms with Gasteiger partial charge in [0.15, 0.2) is 0 Å². The van der Waals surface area contributed by atoms with Gasteiger partial charge in [-0.3, -0.25) is 0 Å². The molecule has 0 amide bonds. The summed E-state index contributed by atoms with van der Waals surface area (Å²) in [6.45, 7) is -0.227. The number of anilines is 6. The Morgan fingerprint density at radius 2 is 0.662 bits per heavy atom. The fraction of sp³-hybridized carbons (Fsp3) is 0. The minimum Gasteiger partial charge on any atom is -0.310 e. The summed E-state index contributed by atoms with van der Waals surface area (Å²) < 4.78 is 0. The lowest BCUT2D eigenvalue weighted by Gasteiger charge is -2.46. The Hall–Kier alpha value is -8.65. The van der Waals surface area contributed by atoms with Crippen molar-refractivity contribution in [3.8, 4) is 61.7 Å². The average molecular weight is 826 g/mol. The SMILES string of the molecule is N#Cc1c(-c2ccccc2)cc2c3c1N(c1ccccc1-c1ccccc1)c1c(cccc1-c1ccccc1)B3c1cccc(-c3ccccc3)c1N2c1ccccc1-c1ccccc1. The molecule has 3 nitrogen and oxygen atoms in total. The van der Waals surface area contributed by atoms with Crippen molar-refractivity contribution < 1.29 is 0 Å². The Morgan fingerprint density at radius 3 is 1.11 bits per heavy atom. The molecule has 302 valence electrons. The van der Waals surface area contributed by atoms with E-state index < -0.39 is 0 Å². The number of hydrogen-bond donors (Lipinski definition) is 0. The van der Waals surface area contributed by atoms with Gasteiger partial charge in [-0.25, -0.2) is 0 Å². The van der Waals surface area contributed by atoms with Gasteiger partial charge in [-0.2, -0.15) is 5.26 Å². The molecule has 2 heterocycles. The molecule has 0 saturated heterocycles. The molecular formula is C61H40BN3. The van der Waals surface area contributed by atoms with Gasteiger partial charge in [-0.05, 0) is 62.4 Å². The molecule has 0 bridgehead atoms. The van der Waals surface area contributed by atoms with E-state index >= 15 is 0 Å². The molecule has 0 spiro atoms. The van der Waals surface area contributed by atoms with E-state index in [9.17, 15) is 5.26 Å². The standard InChI is InChI=1S/C61H40BN3/c63-41-52-51(46-30-14-5-15-31-46)40-57-58-61(52)65(56-39-19-17-33-48(56)43-24-8-2-9-25-43)60-50(45-28-12-4-13-29-45)35-21-37-54(60)62(58)53-36-20-34-49(44-26-10-3-11-27-44)59(53)64(57)55-38-18-16-32-47(55)42-22-6-1-7-23-42/h1-40H. The third kappa shape index (κ3) is 6.21. The van der Waals surface area contributed by atoms with Gasteiger partial charge in [-0.1, -0.05) is 224 Å². The lowest BCUT2D eigenvalue weighted by atomic mass is 9.33. The molecule has 0 aliphatic carbocycles. The molecule has 0 radical (unpaired) electrons. The summed E-state index contributed by atoms with van der Waals surface area (Å²) >= 11 is 0. The molecular weight excluding hydrogens is 786 g/mol. The zero-order valence-electron chi connectivity index (χ0n) is 35.5. The van der Waals surface area contributed by atoms with Crippen molar-refractivity contribution in [2.75, 3.05) is 9.80 Å². The minimum atomic E-state index is -0.227. The van der Waals surface area contributed by atoms with Gasteiger partial charge in [0.2, 0.25) is 0 Å². The Kier molecular flexibility index (Phi) is 9.32. The second kappa shape index (κ2) is 15.9. The molecule has 2 aliphatic rings. The largest absolute Gasteiger partial charge is 0.310 e. The molecule has 10 aromatic rings. The first-order chi connectivity index (χ1) is 32.3. The Bertz CT molecular complexity index is 3430. The van der Waals surface area contributed by atoms with Gasteiger partial charge in [0.25, 0.3) is 6.71 Å². The van der Waals surface area contributed by atoms with Crippen molar-refractivity contribution in [3.63, 3.8) is 0 Å². The van der Waals surface area contributed by atoms with Crippen molar-refractivity contribution in [2.45, 2.75) is 0 Å². The van der Waals surface area contributed by atoms with E-state index in [1.807, 2.05) is 6.07 Å². The van der Waals surface area contributed by atoms with Gasteiger partial charge in [0, 0.05) is 44.9 Å². The minimum absolute atomic E-state index is 0.227. The number of nitriles is 1. The number of hydrogen-bond acceptors (Lipinski definition) is 3. The van der Waals surface area contributed by atoms with Gasteiger partial charge in [0.05, 0.1) is 22.6 Å². The van der Waals surface area contributed by atoms with Crippen LogP contribution >= 0.6 is 0 Å². The van der Waals surface area contributed by atoms with E-state index in [0.717, 1.165) is 95.2 Å². The topological polar surface area (TPSA) is 30.3 Å². The predicted octanol–water partition coefficient (Wildman–Crippen LogP) is 14.0. The summed E-state index contributed by atoms with van der Waals surface area (Å²) in [4.78, 5) is 4.95. The molecule has 2 aliphatic heterocycles. The first-order valence-electron chi connectivity index (χ1n) is 22.2. The summed E-state index contributed by atoms with van der Waals surface area (Å²) in [5.41, 5.74) is 21.1. The molecule has 65 heavy (non-hydrogen) atoms. The summed E-state index contributed by atoms with van der Waals surface area (Å²) in [7, 11) is 0. The average Bonchev–Trinajstić information content (AvgIpc) is 3.39. The van der Waals surface area contributed by atoms with E-state index in [-0.39, 0.29) is 6.71 Å². The van der Waals surface area contributed by atoms with E-state index in [4.69, 9.17) is 0 Å². The maximum atomic E-state index is 11.9. The van der Waals surface area contributed by atoms with E-state index in [0.29, 0.717) is 5.56 Å². The molecule has 4 heteroatoms. The normalized spacial score (nSPS) is 12.2. The molecule has 12 rings (SSSR count). The number of rotatable bonds is 7. The fourth-order valence-electron chi connectivity index (χ4n) is 10.4. The molecule has 0 saturated carbocycles. The van der Waals surface area contributed by atoms with Crippen LogP contribution in [-0.4, -0.2) is 6.71 Å². The Morgan fingerprint density at radius 1 is 0.308 bits per heavy atom. The highest BCUT2D eigenvalue weighted by Crippen LogP contribution is 2.53. The van der Waals surface area contributed by atoms with Crippen molar-refractivity contribution in [1.29, 1.82) is 5.26 Å². The van der Waals surface area contributed by atoms with Gasteiger partial charge in [-0.15, -0.1) is 0 Å². The van der Waals surface area contributed by atoms with Crippen LogP contribution in [0.15, 0.2) is 243 Å². The van der Waals surface area contributed by atoms with Gasteiger partial charge < -0.3 is 9.80 Å². The van der Waals surface area contributed by atoms with Crippen molar-refractivity contribution in [2.24, 2.45) is 0 Å². The zero-order chi connectivity index (χ0) is 43.3. The van der Waals surface area contributed by atoms with E-state index in [2.05, 4.69) is 252 Å². The fourth-order valence-corrected chi connectivity index (χ4v) is 10.4. The van der Waals surface area contributed by atoms with Crippen LogP contribution in [0.5, 0.6) is 0 Å². The van der Waals surface area contributed by atoms with Crippen molar-refractivity contribution in [3.05, 3.63) is 248 Å². The number of benzene rings is 10.